The highest BCUT2D eigenvalue weighted by Gasteiger charge is 2.49. The van der Waals surface area contributed by atoms with Gasteiger partial charge in [0.1, 0.15) is 0 Å². The van der Waals surface area contributed by atoms with Gasteiger partial charge in [-0.05, 0) is 40.5 Å². The lowest BCUT2D eigenvalue weighted by Crippen LogP contribution is -2.63. The molecular weight excluding hydrogens is 232 g/mol. The lowest BCUT2D eigenvalue weighted by atomic mass is 9.78. The van der Waals surface area contributed by atoms with Crippen molar-refractivity contribution in [2.24, 2.45) is 0 Å². The largest absolute Gasteiger partial charge is 0.313 e. The molecule has 0 saturated carbocycles. The summed E-state index contributed by atoms with van der Waals surface area (Å²) in [7, 11) is 0. The second-order valence-corrected chi connectivity index (χ2v) is 6.66. The number of amides is 2. The minimum Gasteiger partial charge on any atom is -0.313 e. The summed E-state index contributed by atoms with van der Waals surface area (Å²) in [4.78, 5) is 25.1. The van der Waals surface area contributed by atoms with E-state index in [-0.39, 0.29) is 17.9 Å². The molecule has 102 valence electrons. The molecule has 0 aromatic carbocycles. The van der Waals surface area contributed by atoms with Gasteiger partial charge in [-0.25, -0.2) is 0 Å². The van der Waals surface area contributed by atoms with Crippen molar-refractivity contribution in [1.82, 2.24) is 9.96 Å². The van der Waals surface area contributed by atoms with Gasteiger partial charge in [-0.3, -0.25) is 14.5 Å². The average Bonchev–Trinajstić information content (AvgIpc) is 2.54. The molecule has 0 spiro atoms. The van der Waals surface area contributed by atoms with Gasteiger partial charge in [-0.1, -0.05) is 0 Å². The number of imide groups is 1. The molecule has 0 unspecified atom stereocenters. The summed E-state index contributed by atoms with van der Waals surface area (Å²) in [6, 6.07) is -0.0964. The van der Waals surface area contributed by atoms with E-state index in [2.05, 4.69) is 0 Å². The zero-order valence-corrected chi connectivity index (χ0v) is 11.6. The molecule has 5 heteroatoms. The van der Waals surface area contributed by atoms with Crippen molar-refractivity contribution in [2.45, 2.75) is 70.5 Å². The van der Waals surface area contributed by atoms with Gasteiger partial charge in [-0.2, -0.15) is 5.06 Å². The lowest BCUT2D eigenvalue weighted by molar-refractivity contribution is -0.250. The third kappa shape index (κ3) is 2.06. The number of rotatable bonds is 1. The molecule has 18 heavy (non-hydrogen) atoms. The topological polar surface area (TPSA) is 60.9 Å². The molecule has 2 aliphatic rings. The summed E-state index contributed by atoms with van der Waals surface area (Å²) in [5, 5.41) is 11.6. The molecule has 1 N–H and O–H groups in total. The quantitative estimate of drug-likeness (QED) is 0.721. The summed E-state index contributed by atoms with van der Waals surface area (Å²) in [6.45, 7) is 7.75. The van der Waals surface area contributed by atoms with Crippen LogP contribution in [-0.2, 0) is 9.59 Å². The molecule has 2 amide bonds. The number of carbonyl (C=O) groups excluding carboxylic acids is 2. The number of hydrogen-bond acceptors (Lipinski definition) is 4. The number of hydrogen-bond donors (Lipinski definition) is 1. The minimum absolute atomic E-state index is 0.0667. The fourth-order valence-electron chi connectivity index (χ4n) is 3.40. The zero-order chi connectivity index (χ0) is 13.7. The molecule has 2 aliphatic heterocycles. The SMILES string of the molecule is CC1(C)CC(N2C(=O)CCC2=O)CC(C)(C)N1O. The highest BCUT2D eigenvalue weighted by Crippen LogP contribution is 2.39. The van der Waals surface area contributed by atoms with Crippen molar-refractivity contribution in [3.05, 3.63) is 0 Å². The molecular formula is C13H22N2O3. The van der Waals surface area contributed by atoms with Crippen molar-refractivity contribution in [2.75, 3.05) is 0 Å². The molecule has 0 radical (unpaired) electrons. The van der Waals surface area contributed by atoms with Gasteiger partial charge in [0, 0.05) is 30.0 Å². The predicted molar refractivity (Wildman–Crippen MR) is 65.9 cm³/mol. The summed E-state index contributed by atoms with van der Waals surface area (Å²) in [6.07, 6.45) is 1.90. The maximum atomic E-state index is 11.8. The lowest BCUT2D eigenvalue weighted by Gasteiger charge is -2.52. The molecule has 2 saturated heterocycles. The van der Waals surface area contributed by atoms with Gasteiger partial charge in [-0.15, -0.1) is 0 Å². The molecule has 0 bridgehead atoms. The third-order valence-corrected chi connectivity index (χ3v) is 4.07. The first-order valence-electron chi connectivity index (χ1n) is 6.49. The maximum Gasteiger partial charge on any atom is 0.229 e. The van der Waals surface area contributed by atoms with Crippen molar-refractivity contribution >= 4 is 11.8 Å². The van der Waals surface area contributed by atoms with Crippen molar-refractivity contribution in [1.29, 1.82) is 0 Å². The van der Waals surface area contributed by atoms with E-state index in [0.717, 1.165) is 0 Å². The fourth-order valence-corrected chi connectivity index (χ4v) is 3.40. The van der Waals surface area contributed by atoms with E-state index in [9.17, 15) is 14.8 Å². The first kappa shape index (κ1) is 13.5. The Bertz CT molecular complexity index is 356. The molecule has 2 rings (SSSR count). The highest BCUT2D eigenvalue weighted by atomic mass is 16.5. The number of nitrogens with zero attached hydrogens (tertiary/aromatic N) is 2. The Kier molecular flexibility index (Phi) is 3.02. The monoisotopic (exact) mass is 254 g/mol. The Hall–Kier alpha value is -0.940. The van der Waals surface area contributed by atoms with E-state index in [4.69, 9.17) is 0 Å². The van der Waals surface area contributed by atoms with Crippen LogP contribution in [0.15, 0.2) is 0 Å². The second kappa shape index (κ2) is 4.03. The Morgan fingerprint density at radius 2 is 1.39 bits per heavy atom. The molecule has 5 nitrogen and oxygen atoms in total. The van der Waals surface area contributed by atoms with Crippen LogP contribution < -0.4 is 0 Å². The highest BCUT2D eigenvalue weighted by molar-refractivity contribution is 6.02. The van der Waals surface area contributed by atoms with Crippen LogP contribution in [0.2, 0.25) is 0 Å². The van der Waals surface area contributed by atoms with E-state index in [1.165, 1.54) is 9.96 Å². The van der Waals surface area contributed by atoms with Gasteiger partial charge in [0.15, 0.2) is 0 Å². The smallest absolute Gasteiger partial charge is 0.229 e. The van der Waals surface area contributed by atoms with Crippen LogP contribution >= 0.6 is 0 Å². The average molecular weight is 254 g/mol. The third-order valence-electron chi connectivity index (χ3n) is 4.07. The minimum atomic E-state index is -0.435. The zero-order valence-electron chi connectivity index (χ0n) is 11.6. The first-order chi connectivity index (χ1) is 8.15. The van der Waals surface area contributed by atoms with Crippen molar-refractivity contribution in [3.8, 4) is 0 Å². The Morgan fingerprint density at radius 1 is 1.00 bits per heavy atom. The predicted octanol–water partition coefficient (Wildman–Crippen LogP) is 1.55. The van der Waals surface area contributed by atoms with E-state index in [0.29, 0.717) is 25.7 Å². The molecule has 0 atom stereocenters. The van der Waals surface area contributed by atoms with Crippen LogP contribution in [0.25, 0.3) is 0 Å². The number of piperidine rings is 1. The van der Waals surface area contributed by atoms with Crippen LogP contribution in [-0.4, -0.2) is 44.1 Å². The van der Waals surface area contributed by atoms with Crippen molar-refractivity contribution in [3.63, 3.8) is 0 Å². The summed E-state index contributed by atoms with van der Waals surface area (Å²) < 4.78 is 0. The summed E-state index contributed by atoms with van der Waals surface area (Å²) in [5.74, 6) is -0.133. The molecule has 0 aromatic rings. The van der Waals surface area contributed by atoms with Crippen LogP contribution in [0.5, 0.6) is 0 Å². The van der Waals surface area contributed by atoms with Gasteiger partial charge < -0.3 is 5.21 Å². The van der Waals surface area contributed by atoms with Crippen LogP contribution in [0.4, 0.5) is 0 Å². The number of hydroxylamine groups is 2. The normalized spacial score (nSPS) is 29.1. The fraction of sp³-hybridized carbons (Fsp3) is 0.846. The van der Waals surface area contributed by atoms with E-state index >= 15 is 0 Å². The molecule has 2 heterocycles. The summed E-state index contributed by atoms with van der Waals surface area (Å²) in [5.41, 5.74) is -0.870. The molecule has 0 aliphatic carbocycles. The van der Waals surface area contributed by atoms with Gasteiger partial charge in [0.25, 0.3) is 0 Å². The molecule has 0 aromatic heterocycles. The van der Waals surface area contributed by atoms with Gasteiger partial charge >= 0.3 is 0 Å². The first-order valence-corrected chi connectivity index (χ1v) is 6.49. The van der Waals surface area contributed by atoms with Crippen LogP contribution in [0.1, 0.15) is 53.4 Å². The maximum absolute atomic E-state index is 11.8. The van der Waals surface area contributed by atoms with Gasteiger partial charge in [0.05, 0.1) is 0 Å². The van der Waals surface area contributed by atoms with E-state index in [1.807, 2.05) is 27.7 Å². The number of likely N-dealkylation sites (tertiary alicyclic amines) is 1. The standard InChI is InChI=1S/C13H22N2O3/c1-12(2)7-9(8-13(3,4)15(12)18)14-10(16)5-6-11(14)17/h9,18H,5-8H2,1-4H3. The molecule has 2 fully saturated rings. The Labute approximate surface area is 108 Å². The Morgan fingerprint density at radius 3 is 1.78 bits per heavy atom. The Balaban J connectivity index is 2.26. The summed E-state index contributed by atoms with van der Waals surface area (Å²) >= 11 is 0. The van der Waals surface area contributed by atoms with Crippen LogP contribution in [0, 0.1) is 0 Å². The number of carbonyl (C=O) groups is 2. The second-order valence-electron chi connectivity index (χ2n) is 6.66. The van der Waals surface area contributed by atoms with Crippen molar-refractivity contribution < 1.29 is 14.8 Å². The van der Waals surface area contributed by atoms with Crippen LogP contribution in [0.3, 0.4) is 0 Å². The van der Waals surface area contributed by atoms with E-state index in [1.54, 1.807) is 0 Å². The van der Waals surface area contributed by atoms with Gasteiger partial charge in [0.2, 0.25) is 11.8 Å². The van der Waals surface area contributed by atoms with E-state index < -0.39 is 11.1 Å².